The molecule has 0 radical (unpaired) electrons. The van der Waals surface area contributed by atoms with E-state index in [9.17, 15) is 0 Å². The van der Waals surface area contributed by atoms with Crippen LogP contribution in [0.2, 0.25) is 0 Å². The first-order valence-electron chi connectivity index (χ1n) is 8.70. The summed E-state index contributed by atoms with van der Waals surface area (Å²) in [7, 11) is 0. The number of nitrogens with zero attached hydrogens (tertiary/aromatic N) is 2. The molecule has 0 saturated carbocycles. The summed E-state index contributed by atoms with van der Waals surface area (Å²) in [6.45, 7) is 8.59. The Morgan fingerprint density at radius 1 is 1.04 bits per heavy atom. The minimum Gasteiger partial charge on any atom is -0.399 e. The van der Waals surface area contributed by atoms with Crippen molar-refractivity contribution < 1.29 is 4.79 Å². The number of anilines is 3. The fraction of sp³-hybridized carbons (Fsp3) is 0.238. The third-order valence-electron chi connectivity index (χ3n) is 3.94. The van der Waals surface area contributed by atoms with E-state index in [1.54, 1.807) is 0 Å². The number of amides is 1. The van der Waals surface area contributed by atoms with Gasteiger partial charge in [-0.25, -0.2) is 4.68 Å². The van der Waals surface area contributed by atoms with Crippen LogP contribution < -0.4 is 16.8 Å². The van der Waals surface area contributed by atoms with Gasteiger partial charge in [0.1, 0.15) is 5.82 Å². The van der Waals surface area contributed by atoms with Gasteiger partial charge in [-0.1, -0.05) is 38.5 Å². The summed E-state index contributed by atoms with van der Waals surface area (Å²) >= 11 is 0. The Kier molecular flexibility index (Phi) is 6.23. The van der Waals surface area contributed by atoms with Gasteiger partial charge in [-0.3, -0.25) is 4.79 Å². The van der Waals surface area contributed by atoms with Gasteiger partial charge >= 0.3 is 0 Å². The Labute approximate surface area is 160 Å². The highest BCUT2D eigenvalue weighted by Crippen LogP contribution is 2.28. The van der Waals surface area contributed by atoms with E-state index in [1.807, 2.05) is 28.9 Å². The summed E-state index contributed by atoms with van der Waals surface area (Å²) in [6.07, 6.45) is 0.250. The lowest BCUT2D eigenvalue weighted by atomic mass is 9.92. The van der Waals surface area contributed by atoms with Gasteiger partial charge in [-0.05, 0) is 43.3 Å². The Morgan fingerprint density at radius 3 is 2.11 bits per heavy atom. The molecule has 0 bridgehead atoms. The maximum absolute atomic E-state index is 8.58. The Balaban J connectivity index is 0.000000817. The number of nitrogens with one attached hydrogen (secondary N) is 1. The van der Waals surface area contributed by atoms with Crippen LogP contribution in [0.4, 0.5) is 17.2 Å². The third-order valence-corrected chi connectivity index (χ3v) is 3.94. The van der Waals surface area contributed by atoms with Crippen molar-refractivity contribution in [1.82, 2.24) is 9.78 Å². The van der Waals surface area contributed by atoms with Crippen molar-refractivity contribution in [2.24, 2.45) is 5.73 Å². The van der Waals surface area contributed by atoms with E-state index < -0.39 is 0 Å². The average molecular weight is 365 g/mol. The molecule has 0 saturated heterocycles. The Hall–Kier alpha value is -3.28. The number of hydrogen-bond acceptors (Lipinski definition) is 4. The van der Waals surface area contributed by atoms with Crippen LogP contribution in [0.25, 0.3) is 5.69 Å². The van der Waals surface area contributed by atoms with Crippen molar-refractivity contribution in [2.45, 2.75) is 33.1 Å². The van der Waals surface area contributed by atoms with Gasteiger partial charge < -0.3 is 16.8 Å². The standard InChI is InChI=1S/C20H24N4.CH3NO/c1-14-5-11-17(12-6-14)24-19(13-18(23-24)20(2,3)4)22-16-9-7-15(21)8-10-16;2-1-3/h5-13,22H,21H2,1-4H3;1H,(H2,2,3). The molecule has 6 heteroatoms. The molecule has 0 spiro atoms. The van der Waals surface area contributed by atoms with Gasteiger partial charge in [0, 0.05) is 22.9 Å². The summed E-state index contributed by atoms with van der Waals surface area (Å²) in [4.78, 5) is 8.58. The second kappa shape index (κ2) is 8.40. The molecular weight excluding hydrogens is 338 g/mol. The molecule has 1 aromatic heterocycles. The molecule has 142 valence electrons. The summed E-state index contributed by atoms with van der Waals surface area (Å²) < 4.78 is 1.95. The van der Waals surface area contributed by atoms with Gasteiger partial charge in [0.25, 0.3) is 0 Å². The van der Waals surface area contributed by atoms with Crippen LogP contribution in [-0.4, -0.2) is 16.2 Å². The molecule has 0 unspecified atom stereocenters. The highest BCUT2D eigenvalue weighted by Gasteiger charge is 2.20. The maximum Gasteiger partial charge on any atom is 0.204 e. The molecule has 0 aliphatic heterocycles. The molecule has 6 nitrogen and oxygen atoms in total. The van der Waals surface area contributed by atoms with Crippen LogP contribution in [0.3, 0.4) is 0 Å². The first-order valence-corrected chi connectivity index (χ1v) is 8.70. The van der Waals surface area contributed by atoms with Crippen molar-refractivity contribution >= 4 is 23.6 Å². The second-order valence-corrected chi connectivity index (χ2v) is 7.30. The number of benzene rings is 2. The zero-order chi connectivity index (χ0) is 20.0. The first kappa shape index (κ1) is 20.0. The number of carbonyl (C=O) groups is 1. The fourth-order valence-electron chi connectivity index (χ4n) is 2.43. The molecule has 2 aromatic carbocycles. The number of hydrogen-bond donors (Lipinski definition) is 3. The quantitative estimate of drug-likeness (QED) is 0.484. The maximum atomic E-state index is 8.58. The molecule has 1 amide bonds. The second-order valence-electron chi connectivity index (χ2n) is 7.30. The largest absolute Gasteiger partial charge is 0.399 e. The molecular formula is C21H27N5O. The highest BCUT2D eigenvalue weighted by atomic mass is 16.1. The predicted molar refractivity (Wildman–Crippen MR) is 111 cm³/mol. The molecule has 0 aliphatic carbocycles. The number of carbonyl (C=O) groups excluding carboxylic acids is 1. The Bertz CT molecular complexity index is 874. The predicted octanol–water partition coefficient (Wildman–Crippen LogP) is 3.91. The minimum absolute atomic E-state index is 0.0203. The number of nitrogen functional groups attached to an aromatic ring is 1. The molecule has 5 N–H and O–H groups in total. The van der Waals surface area contributed by atoms with Crippen molar-refractivity contribution in [3.05, 3.63) is 65.9 Å². The highest BCUT2D eigenvalue weighted by molar-refractivity contribution is 5.61. The van der Waals surface area contributed by atoms with E-state index in [-0.39, 0.29) is 11.8 Å². The number of aromatic nitrogens is 2. The van der Waals surface area contributed by atoms with Gasteiger partial charge in [-0.15, -0.1) is 0 Å². The first-order chi connectivity index (χ1) is 12.7. The number of aryl methyl sites for hydroxylation is 1. The van der Waals surface area contributed by atoms with Crippen LogP contribution in [0.15, 0.2) is 54.6 Å². The van der Waals surface area contributed by atoms with Crippen LogP contribution in [0, 0.1) is 6.92 Å². The van der Waals surface area contributed by atoms with Crippen molar-refractivity contribution in [3.8, 4) is 5.69 Å². The lowest BCUT2D eigenvalue weighted by Crippen LogP contribution is -2.12. The number of nitrogens with two attached hydrogens (primary N) is 2. The summed E-state index contributed by atoms with van der Waals surface area (Å²) in [5.41, 5.74) is 15.0. The molecule has 0 atom stereocenters. The van der Waals surface area contributed by atoms with Crippen LogP contribution in [-0.2, 0) is 10.2 Å². The van der Waals surface area contributed by atoms with E-state index in [0.29, 0.717) is 0 Å². The Morgan fingerprint density at radius 2 is 1.59 bits per heavy atom. The van der Waals surface area contributed by atoms with Gasteiger partial charge in [0.2, 0.25) is 6.41 Å². The van der Waals surface area contributed by atoms with Crippen molar-refractivity contribution in [2.75, 3.05) is 11.1 Å². The molecule has 3 aromatic rings. The fourth-order valence-corrected chi connectivity index (χ4v) is 2.43. The van der Waals surface area contributed by atoms with Gasteiger partial charge in [-0.2, -0.15) is 5.10 Å². The lowest BCUT2D eigenvalue weighted by Gasteiger charge is -2.14. The molecule has 0 fully saturated rings. The van der Waals surface area contributed by atoms with Gasteiger partial charge in [0.05, 0.1) is 11.4 Å². The van der Waals surface area contributed by atoms with E-state index in [0.717, 1.165) is 28.6 Å². The normalized spacial score (nSPS) is 10.7. The van der Waals surface area contributed by atoms with E-state index in [1.165, 1.54) is 5.56 Å². The minimum atomic E-state index is -0.0203. The summed E-state index contributed by atoms with van der Waals surface area (Å²) in [6, 6.07) is 18.2. The summed E-state index contributed by atoms with van der Waals surface area (Å²) in [5.74, 6) is 0.938. The van der Waals surface area contributed by atoms with Crippen LogP contribution in [0.5, 0.6) is 0 Å². The average Bonchev–Trinajstić information content (AvgIpc) is 3.02. The van der Waals surface area contributed by atoms with Crippen molar-refractivity contribution in [1.29, 1.82) is 0 Å². The van der Waals surface area contributed by atoms with E-state index >= 15 is 0 Å². The molecule has 1 heterocycles. The van der Waals surface area contributed by atoms with Crippen LogP contribution in [0.1, 0.15) is 32.0 Å². The molecule has 0 aliphatic rings. The SMILES string of the molecule is Cc1ccc(-n2nc(C(C)(C)C)cc2Nc2ccc(N)cc2)cc1.NC=O. The van der Waals surface area contributed by atoms with E-state index in [4.69, 9.17) is 15.6 Å². The third kappa shape index (κ3) is 5.34. The zero-order valence-corrected chi connectivity index (χ0v) is 16.2. The molecule has 3 rings (SSSR count). The smallest absolute Gasteiger partial charge is 0.204 e. The van der Waals surface area contributed by atoms with Gasteiger partial charge in [0.15, 0.2) is 0 Å². The molecule has 27 heavy (non-hydrogen) atoms. The van der Waals surface area contributed by atoms with Crippen molar-refractivity contribution in [3.63, 3.8) is 0 Å². The zero-order valence-electron chi connectivity index (χ0n) is 16.2. The topological polar surface area (TPSA) is 99.0 Å². The monoisotopic (exact) mass is 365 g/mol. The number of primary amides is 1. The summed E-state index contributed by atoms with van der Waals surface area (Å²) in [5, 5.41) is 8.27. The lowest BCUT2D eigenvalue weighted by molar-refractivity contribution is -0.106. The van der Waals surface area contributed by atoms with E-state index in [2.05, 4.69) is 69.1 Å². The van der Waals surface area contributed by atoms with Crippen LogP contribution >= 0.6 is 0 Å². The number of rotatable bonds is 3.